The molecule has 0 bridgehead atoms. The molecular formula is C22H36O2. The molecule has 0 spiro atoms. The van der Waals surface area contributed by atoms with Crippen LogP contribution in [0.15, 0.2) is 24.3 Å². The number of ether oxygens (including phenoxy) is 2. The minimum atomic E-state index is -0.192. The van der Waals surface area contributed by atoms with Crippen LogP contribution in [-0.2, 0) is 11.2 Å². The minimum Gasteiger partial charge on any atom is -0.464 e. The fraction of sp³-hybridized carbons (Fsp3) is 0.727. The lowest BCUT2D eigenvalue weighted by Gasteiger charge is -2.35. The summed E-state index contributed by atoms with van der Waals surface area (Å²) in [5, 5.41) is 0. The Bertz CT molecular complexity index is 464. The summed E-state index contributed by atoms with van der Waals surface area (Å²) in [7, 11) is 0. The van der Waals surface area contributed by atoms with Crippen molar-refractivity contribution in [3.8, 4) is 5.75 Å². The monoisotopic (exact) mass is 332 g/mol. The Morgan fingerprint density at radius 2 is 1.62 bits per heavy atom. The van der Waals surface area contributed by atoms with Crippen LogP contribution in [0.1, 0.15) is 78.7 Å². The highest BCUT2D eigenvalue weighted by Crippen LogP contribution is 2.30. The lowest BCUT2D eigenvalue weighted by Crippen LogP contribution is -2.38. The van der Waals surface area contributed by atoms with Gasteiger partial charge in [0.1, 0.15) is 5.75 Å². The molecular weight excluding hydrogens is 296 g/mol. The van der Waals surface area contributed by atoms with Gasteiger partial charge in [0.05, 0.1) is 6.10 Å². The highest BCUT2D eigenvalue weighted by molar-refractivity contribution is 5.27. The average Bonchev–Trinajstić information content (AvgIpc) is 2.53. The first-order valence-electron chi connectivity index (χ1n) is 9.75. The molecule has 1 atom stereocenters. The van der Waals surface area contributed by atoms with Gasteiger partial charge in [-0.15, -0.1) is 0 Å². The van der Waals surface area contributed by atoms with Crippen LogP contribution in [0.25, 0.3) is 0 Å². The van der Waals surface area contributed by atoms with E-state index in [9.17, 15) is 0 Å². The fourth-order valence-corrected chi connectivity index (χ4v) is 3.10. The minimum absolute atomic E-state index is 0.0340. The first-order chi connectivity index (χ1) is 11.3. The average molecular weight is 333 g/mol. The van der Waals surface area contributed by atoms with Crippen LogP contribution in [0.3, 0.4) is 0 Å². The van der Waals surface area contributed by atoms with Crippen LogP contribution in [0.5, 0.6) is 5.75 Å². The molecule has 1 fully saturated rings. The van der Waals surface area contributed by atoms with E-state index in [1.165, 1.54) is 44.1 Å². The SMILES string of the molecule is CC(C)CCc1ccc(OC(OC2CCCCC2)C(C)(C)C)cc1. The molecule has 0 N–H and O–H groups in total. The standard InChI is InChI=1S/C22H36O2/c1-17(2)11-12-18-13-15-20(16-14-18)24-21(22(3,4)5)23-19-9-7-6-8-10-19/h13-17,19,21H,6-12H2,1-5H3. The molecule has 0 radical (unpaired) electrons. The van der Waals surface area contributed by atoms with Crippen molar-refractivity contribution in [1.29, 1.82) is 0 Å². The molecule has 1 saturated carbocycles. The van der Waals surface area contributed by atoms with Crippen molar-refractivity contribution < 1.29 is 9.47 Å². The molecule has 1 unspecified atom stereocenters. The van der Waals surface area contributed by atoms with E-state index in [4.69, 9.17) is 9.47 Å². The second-order valence-electron chi connectivity index (χ2n) is 8.79. The molecule has 1 aromatic carbocycles. The molecule has 0 aliphatic heterocycles. The molecule has 0 aromatic heterocycles. The normalized spacial score (nSPS) is 17.9. The Morgan fingerprint density at radius 1 is 1.00 bits per heavy atom. The zero-order valence-corrected chi connectivity index (χ0v) is 16.3. The predicted octanol–water partition coefficient (Wildman–Crippen LogP) is 6.38. The highest BCUT2D eigenvalue weighted by atomic mass is 16.7. The topological polar surface area (TPSA) is 18.5 Å². The van der Waals surface area contributed by atoms with E-state index < -0.39 is 0 Å². The van der Waals surface area contributed by atoms with E-state index in [0.717, 1.165) is 18.1 Å². The number of benzene rings is 1. The summed E-state index contributed by atoms with van der Waals surface area (Å²) in [5.41, 5.74) is 1.35. The molecule has 136 valence electrons. The maximum Gasteiger partial charge on any atom is 0.204 e. The lowest BCUT2D eigenvalue weighted by molar-refractivity contribution is -0.177. The number of hydrogen-bond acceptors (Lipinski definition) is 2. The van der Waals surface area contributed by atoms with Gasteiger partial charge in [-0.2, -0.15) is 0 Å². The summed E-state index contributed by atoms with van der Waals surface area (Å²) in [6.45, 7) is 11.1. The van der Waals surface area contributed by atoms with Gasteiger partial charge in [-0.05, 0) is 49.3 Å². The van der Waals surface area contributed by atoms with Crippen molar-refractivity contribution in [2.75, 3.05) is 0 Å². The maximum atomic E-state index is 6.35. The second kappa shape index (κ2) is 8.89. The smallest absolute Gasteiger partial charge is 0.204 e. The Kier molecular flexibility index (Phi) is 7.16. The Labute approximate surface area is 148 Å². The number of rotatable bonds is 7. The third kappa shape index (κ3) is 6.47. The van der Waals surface area contributed by atoms with Gasteiger partial charge in [-0.25, -0.2) is 0 Å². The summed E-state index contributed by atoms with van der Waals surface area (Å²) >= 11 is 0. The van der Waals surface area contributed by atoms with Gasteiger partial charge in [0.2, 0.25) is 6.29 Å². The van der Waals surface area contributed by atoms with Gasteiger partial charge < -0.3 is 9.47 Å². The fourth-order valence-electron chi connectivity index (χ4n) is 3.10. The van der Waals surface area contributed by atoms with Crippen molar-refractivity contribution in [2.24, 2.45) is 11.3 Å². The van der Waals surface area contributed by atoms with Crippen LogP contribution in [0, 0.1) is 11.3 Å². The first-order valence-corrected chi connectivity index (χ1v) is 9.75. The van der Waals surface area contributed by atoms with Crippen LogP contribution in [0.2, 0.25) is 0 Å². The van der Waals surface area contributed by atoms with Crippen molar-refractivity contribution in [1.82, 2.24) is 0 Å². The van der Waals surface area contributed by atoms with E-state index in [0.29, 0.717) is 6.10 Å². The summed E-state index contributed by atoms with van der Waals surface area (Å²) in [5.74, 6) is 1.66. The Balaban J connectivity index is 1.95. The number of aryl methyl sites for hydroxylation is 1. The van der Waals surface area contributed by atoms with Gasteiger partial charge in [-0.3, -0.25) is 0 Å². The predicted molar refractivity (Wildman–Crippen MR) is 101 cm³/mol. The van der Waals surface area contributed by atoms with Crippen LogP contribution in [-0.4, -0.2) is 12.4 Å². The van der Waals surface area contributed by atoms with Crippen LogP contribution >= 0.6 is 0 Å². The van der Waals surface area contributed by atoms with Gasteiger partial charge in [0.15, 0.2) is 0 Å². The van der Waals surface area contributed by atoms with Gasteiger partial charge >= 0.3 is 0 Å². The molecule has 1 aromatic rings. The molecule has 1 aliphatic carbocycles. The van der Waals surface area contributed by atoms with E-state index in [2.05, 4.69) is 58.9 Å². The summed E-state index contributed by atoms with van der Waals surface area (Å²) in [6, 6.07) is 8.58. The largest absolute Gasteiger partial charge is 0.464 e. The quantitative estimate of drug-likeness (QED) is 0.540. The second-order valence-corrected chi connectivity index (χ2v) is 8.79. The maximum absolute atomic E-state index is 6.35. The molecule has 0 heterocycles. The highest BCUT2D eigenvalue weighted by Gasteiger charge is 2.31. The van der Waals surface area contributed by atoms with Crippen LogP contribution < -0.4 is 4.74 Å². The van der Waals surface area contributed by atoms with E-state index in [1.54, 1.807) is 0 Å². The number of hydrogen-bond donors (Lipinski definition) is 0. The Hall–Kier alpha value is -1.02. The summed E-state index contributed by atoms with van der Waals surface area (Å²) in [4.78, 5) is 0. The first kappa shape index (κ1) is 19.3. The van der Waals surface area contributed by atoms with Crippen molar-refractivity contribution >= 4 is 0 Å². The van der Waals surface area contributed by atoms with Crippen molar-refractivity contribution in [3.05, 3.63) is 29.8 Å². The summed E-state index contributed by atoms with van der Waals surface area (Å²) in [6.07, 6.45) is 8.79. The van der Waals surface area contributed by atoms with Crippen molar-refractivity contribution in [3.63, 3.8) is 0 Å². The van der Waals surface area contributed by atoms with E-state index in [1.807, 2.05) is 0 Å². The summed E-state index contributed by atoms with van der Waals surface area (Å²) < 4.78 is 12.6. The Morgan fingerprint density at radius 3 is 2.17 bits per heavy atom. The van der Waals surface area contributed by atoms with E-state index >= 15 is 0 Å². The molecule has 2 heteroatoms. The molecule has 2 nitrogen and oxygen atoms in total. The van der Waals surface area contributed by atoms with Gasteiger partial charge in [-0.1, -0.05) is 66.0 Å². The van der Waals surface area contributed by atoms with Gasteiger partial charge in [0.25, 0.3) is 0 Å². The van der Waals surface area contributed by atoms with Gasteiger partial charge in [0, 0.05) is 5.41 Å². The molecule has 24 heavy (non-hydrogen) atoms. The molecule has 2 rings (SSSR count). The third-order valence-electron chi connectivity index (χ3n) is 4.75. The lowest BCUT2D eigenvalue weighted by atomic mass is 9.94. The van der Waals surface area contributed by atoms with Crippen molar-refractivity contribution in [2.45, 2.75) is 92.0 Å². The van der Waals surface area contributed by atoms with Crippen LogP contribution in [0.4, 0.5) is 0 Å². The third-order valence-corrected chi connectivity index (χ3v) is 4.75. The van der Waals surface area contributed by atoms with E-state index in [-0.39, 0.29) is 11.7 Å². The zero-order valence-electron chi connectivity index (χ0n) is 16.3. The molecule has 1 aliphatic rings. The molecule has 0 saturated heterocycles. The zero-order chi connectivity index (χ0) is 17.6. The molecule has 0 amide bonds.